The zero-order chi connectivity index (χ0) is 34.6. The Morgan fingerprint density at radius 1 is 0.417 bits per heavy atom. The zero-order valence-corrected chi connectivity index (χ0v) is 25.8. The highest BCUT2D eigenvalue weighted by Crippen LogP contribution is 2.36. The Labute approximate surface area is 276 Å². The molecule has 3 atom stereocenters. The minimum Gasteiger partial charge on any atom is -0.457 e. The zero-order valence-electron chi connectivity index (χ0n) is 25.8. The van der Waals surface area contributed by atoms with E-state index < -0.39 is 38.1 Å². The summed E-state index contributed by atoms with van der Waals surface area (Å²) in [6.07, 6.45) is -2.91. The smallest absolute Gasteiger partial charge is 0.141 e. The first kappa shape index (κ1) is 36.0. The van der Waals surface area contributed by atoms with Crippen LogP contribution >= 0.6 is 0 Å². The van der Waals surface area contributed by atoms with E-state index in [0.717, 1.165) is 0 Å². The van der Waals surface area contributed by atoms with E-state index in [9.17, 15) is 15.3 Å². The molecule has 0 aliphatic rings. The van der Waals surface area contributed by atoms with Gasteiger partial charge in [0.15, 0.2) is 0 Å². The summed E-state index contributed by atoms with van der Waals surface area (Å²) in [7, 11) is 0. The predicted molar refractivity (Wildman–Crippen MR) is 177 cm³/mol. The second kappa shape index (κ2) is 17.3. The lowest BCUT2D eigenvalue weighted by Crippen LogP contribution is -2.17. The number of hydrogen-bond donors (Lipinski definition) is 6. The van der Waals surface area contributed by atoms with Crippen LogP contribution in [0.15, 0.2) is 111 Å². The maximum Gasteiger partial charge on any atom is 0.141 e. The minimum atomic E-state index is -0.970. The lowest BCUT2D eigenvalue weighted by Gasteiger charge is -2.16. The summed E-state index contributed by atoms with van der Waals surface area (Å²) in [6.45, 7) is 10.3. The second-order valence-corrected chi connectivity index (χ2v) is 10.4. The van der Waals surface area contributed by atoms with Crippen LogP contribution in [0.3, 0.4) is 0 Å². The first-order valence-corrected chi connectivity index (χ1v) is 14.5. The van der Waals surface area contributed by atoms with Crippen LogP contribution in [0.1, 0.15) is 16.7 Å². The van der Waals surface area contributed by atoms with Crippen molar-refractivity contribution in [3.8, 4) is 34.5 Å². The molecule has 0 spiro atoms. The average Bonchev–Trinajstić information content (AvgIpc) is 3.10. The monoisotopic (exact) mass is 660 g/mol. The van der Waals surface area contributed by atoms with E-state index in [0.29, 0.717) is 67.9 Å². The molecule has 6 N–H and O–H groups in total. The van der Waals surface area contributed by atoms with Crippen molar-refractivity contribution in [2.75, 3.05) is 19.8 Å². The van der Waals surface area contributed by atoms with E-state index in [1.165, 1.54) is 0 Å². The van der Waals surface area contributed by atoms with E-state index in [2.05, 4.69) is 34.4 Å². The van der Waals surface area contributed by atoms with Crippen LogP contribution in [0.5, 0.6) is 34.5 Å². The molecule has 0 bridgehead atoms. The number of rotatable bonds is 18. The van der Waals surface area contributed by atoms with Crippen LogP contribution in [0.25, 0.3) is 16.7 Å². The molecule has 252 valence electrons. The molecule has 48 heavy (non-hydrogen) atoms. The van der Waals surface area contributed by atoms with Crippen molar-refractivity contribution in [3.63, 3.8) is 0 Å². The fourth-order valence-electron chi connectivity index (χ4n) is 4.52. The Morgan fingerprint density at radius 3 is 0.833 bits per heavy atom. The molecule has 4 rings (SSSR count). The van der Waals surface area contributed by atoms with Crippen molar-refractivity contribution in [2.24, 2.45) is 0 Å². The fourth-order valence-corrected chi connectivity index (χ4v) is 4.52. The third-order valence-electron chi connectivity index (χ3n) is 7.28. The largest absolute Gasteiger partial charge is 0.457 e. The number of aliphatic hydroxyl groups is 3. The van der Waals surface area contributed by atoms with Gasteiger partial charge in [-0.15, -0.1) is 0 Å². The summed E-state index contributed by atoms with van der Waals surface area (Å²) in [6, 6.07) is 25.3. The van der Waals surface area contributed by atoms with Gasteiger partial charge in [-0.2, -0.15) is 0 Å². The fraction of sp³-hybridized carbons (Fsp3) is 0.167. The molecule has 3 unspecified atom stereocenters. The van der Waals surface area contributed by atoms with Crippen LogP contribution in [0.4, 0.5) is 0 Å². The first-order chi connectivity index (χ1) is 23.2. The van der Waals surface area contributed by atoms with E-state index in [1.807, 2.05) is 0 Å². The van der Waals surface area contributed by atoms with Crippen LogP contribution in [-0.2, 0) is 14.7 Å². The number of hydrogen-bond acceptors (Lipinski definition) is 12. The molecular weight excluding hydrogens is 624 g/mol. The molecule has 12 heteroatoms. The Bertz CT molecular complexity index is 1440. The molecule has 0 radical (unpaired) electrons. The Balaban J connectivity index is 1.60. The summed E-state index contributed by atoms with van der Waals surface area (Å²) in [5.41, 5.74) is 3.02. The number of ether oxygens (including phenoxy) is 3. The van der Waals surface area contributed by atoms with Gasteiger partial charge in [-0.1, -0.05) is 56.1 Å². The minimum absolute atomic E-state index is 0.368. The van der Waals surface area contributed by atoms with Crippen LogP contribution in [0, 0.1) is 0 Å². The third kappa shape index (κ3) is 9.14. The van der Waals surface area contributed by atoms with Crippen molar-refractivity contribution in [1.82, 2.24) is 0 Å². The quantitative estimate of drug-likeness (QED) is 0.0495. The summed E-state index contributed by atoms with van der Waals surface area (Å²) in [5.74, 6) is 2.48. The molecule has 4 aromatic rings. The highest BCUT2D eigenvalue weighted by Gasteiger charge is 2.17. The Hall–Kier alpha value is -4.86. The van der Waals surface area contributed by atoms with Crippen molar-refractivity contribution in [1.29, 1.82) is 0 Å². The molecular formula is C36H36O12. The SMILES string of the molecule is C=C(c1ccc(Oc2cc(Oc3ccc(C(=C)C(CO)OO)cc3)cc(Oc3ccc(C(=C)C(CO)OO)cc3)c2)cc1)C(CO)OO. The molecule has 0 saturated carbocycles. The van der Waals surface area contributed by atoms with Crippen LogP contribution in [0.2, 0.25) is 0 Å². The summed E-state index contributed by atoms with van der Waals surface area (Å²) < 4.78 is 18.4. The van der Waals surface area contributed by atoms with E-state index in [1.54, 1.807) is 91.0 Å². The Morgan fingerprint density at radius 2 is 0.646 bits per heavy atom. The second-order valence-electron chi connectivity index (χ2n) is 10.4. The van der Waals surface area contributed by atoms with Gasteiger partial charge in [0, 0.05) is 18.2 Å². The molecule has 0 fully saturated rings. The lowest BCUT2D eigenvalue weighted by atomic mass is 10.0. The van der Waals surface area contributed by atoms with E-state index in [4.69, 9.17) is 30.0 Å². The van der Waals surface area contributed by atoms with Gasteiger partial charge in [0.05, 0.1) is 19.8 Å². The topological polar surface area (TPSA) is 177 Å². The average molecular weight is 661 g/mol. The molecule has 4 aromatic carbocycles. The maximum absolute atomic E-state index is 9.38. The van der Waals surface area contributed by atoms with Gasteiger partial charge in [0.25, 0.3) is 0 Å². The van der Waals surface area contributed by atoms with Gasteiger partial charge >= 0.3 is 0 Å². The maximum atomic E-state index is 9.38. The van der Waals surface area contributed by atoms with Crippen molar-refractivity contribution < 1.29 is 60.0 Å². The standard InChI is InChI=1S/C36H36O12/c1-22(34(19-37)46-40)25-4-10-28(11-5-25)43-31-16-32(44-29-12-6-26(7-13-29)23(2)35(20-38)47-41)18-33(17-31)45-30-14-8-27(9-15-30)24(3)36(21-39)48-42/h4-18,34-42H,1-3,19-21H2. The van der Waals surface area contributed by atoms with Gasteiger partial charge in [0.2, 0.25) is 0 Å². The van der Waals surface area contributed by atoms with Gasteiger partial charge in [-0.25, -0.2) is 14.7 Å². The van der Waals surface area contributed by atoms with Crippen molar-refractivity contribution in [3.05, 3.63) is 127 Å². The number of benzene rings is 4. The summed E-state index contributed by atoms with van der Waals surface area (Å²) in [5, 5.41) is 55.2. The predicted octanol–water partition coefficient (Wildman–Crippen LogP) is 6.65. The molecule has 0 heterocycles. The highest BCUT2D eigenvalue weighted by molar-refractivity contribution is 5.69. The van der Waals surface area contributed by atoms with Gasteiger partial charge in [0.1, 0.15) is 52.8 Å². The van der Waals surface area contributed by atoms with Crippen molar-refractivity contribution >= 4 is 16.7 Å². The normalized spacial score (nSPS) is 12.9. The molecule has 12 nitrogen and oxygen atoms in total. The molecule has 0 amide bonds. The summed E-state index contributed by atoms with van der Waals surface area (Å²) >= 11 is 0. The van der Waals surface area contributed by atoms with Crippen molar-refractivity contribution in [2.45, 2.75) is 18.3 Å². The van der Waals surface area contributed by atoms with E-state index >= 15 is 0 Å². The molecule has 0 aliphatic heterocycles. The molecule has 0 aromatic heterocycles. The highest BCUT2D eigenvalue weighted by atomic mass is 17.1. The summed E-state index contributed by atoms with van der Waals surface area (Å²) in [4.78, 5) is 12.8. The Kier molecular flexibility index (Phi) is 13.0. The molecule has 0 aliphatic carbocycles. The number of aliphatic hydroxyl groups excluding tert-OH is 3. The molecule has 0 saturated heterocycles. The third-order valence-corrected chi connectivity index (χ3v) is 7.28. The van der Waals surface area contributed by atoms with Crippen LogP contribution < -0.4 is 14.2 Å². The lowest BCUT2D eigenvalue weighted by molar-refractivity contribution is -0.268. The van der Waals surface area contributed by atoms with Gasteiger partial charge in [-0.05, 0) is 69.8 Å². The first-order valence-electron chi connectivity index (χ1n) is 14.5. The van der Waals surface area contributed by atoms with Gasteiger partial charge < -0.3 is 29.5 Å². The van der Waals surface area contributed by atoms with Crippen LogP contribution in [-0.4, -0.2) is 69.2 Å². The van der Waals surface area contributed by atoms with E-state index in [-0.39, 0.29) is 0 Å². The van der Waals surface area contributed by atoms with Gasteiger partial charge in [-0.3, -0.25) is 15.8 Å².